The summed E-state index contributed by atoms with van der Waals surface area (Å²) in [7, 11) is -0.946. The number of benzene rings is 2. The van der Waals surface area contributed by atoms with Crippen molar-refractivity contribution in [2.24, 2.45) is 0 Å². The number of hydrogen-bond acceptors (Lipinski definition) is 2. The van der Waals surface area contributed by atoms with E-state index in [1.54, 1.807) is 18.4 Å². The molecule has 0 radical (unpaired) electrons. The summed E-state index contributed by atoms with van der Waals surface area (Å²) in [6.07, 6.45) is 3.62. The van der Waals surface area contributed by atoms with Gasteiger partial charge < -0.3 is 4.90 Å². The van der Waals surface area contributed by atoms with Gasteiger partial charge in [-0.3, -0.25) is 9.00 Å². The van der Waals surface area contributed by atoms with Crippen molar-refractivity contribution in [1.82, 2.24) is 4.90 Å². The third-order valence-electron chi connectivity index (χ3n) is 4.03. The Kier molecular flexibility index (Phi) is 5.09. The SMILES string of the molecule is CS(=O)Cc1cccc(C(=O)N(Cc2cccc(F)c2)C2CC2)c1. The molecular formula is C19H20FNO2S. The minimum absolute atomic E-state index is 0.0505. The Hall–Kier alpha value is -2.01. The highest BCUT2D eigenvalue weighted by Crippen LogP contribution is 2.30. The fraction of sp³-hybridized carbons (Fsp3) is 0.316. The Labute approximate surface area is 143 Å². The summed E-state index contributed by atoms with van der Waals surface area (Å²) in [6.45, 7) is 0.408. The highest BCUT2D eigenvalue weighted by atomic mass is 32.2. The first-order valence-electron chi connectivity index (χ1n) is 7.97. The van der Waals surface area contributed by atoms with Gasteiger partial charge >= 0.3 is 0 Å². The summed E-state index contributed by atoms with van der Waals surface area (Å²) < 4.78 is 24.8. The van der Waals surface area contributed by atoms with Gasteiger partial charge in [-0.1, -0.05) is 24.3 Å². The lowest BCUT2D eigenvalue weighted by molar-refractivity contribution is 0.0729. The number of nitrogens with zero attached hydrogens (tertiary/aromatic N) is 1. The number of carbonyl (C=O) groups excluding carboxylic acids is 1. The third kappa shape index (κ3) is 4.29. The van der Waals surface area contributed by atoms with Crippen LogP contribution in [0.2, 0.25) is 0 Å². The Morgan fingerprint density at radius 3 is 2.54 bits per heavy atom. The van der Waals surface area contributed by atoms with Gasteiger partial charge in [-0.15, -0.1) is 0 Å². The minimum atomic E-state index is -0.946. The number of hydrogen-bond donors (Lipinski definition) is 0. The van der Waals surface area contributed by atoms with Crippen molar-refractivity contribution in [2.45, 2.75) is 31.2 Å². The quantitative estimate of drug-likeness (QED) is 0.803. The van der Waals surface area contributed by atoms with E-state index in [9.17, 15) is 13.4 Å². The lowest BCUT2D eigenvalue weighted by Crippen LogP contribution is -2.32. The molecular weight excluding hydrogens is 325 g/mol. The fourth-order valence-electron chi connectivity index (χ4n) is 2.78. The molecule has 5 heteroatoms. The average Bonchev–Trinajstić information content (AvgIpc) is 3.36. The number of carbonyl (C=O) groups is 1. The van der Waals surface area contributed by atoms with E-state index in [0.717, 1.165) is 24.0 Å². The van der Waals surface area contributed by atoms with E-state index in [0.29, 0.717) is 17.9 Å². The van der Waals surface area contributed by atoms with Gasteiger partial charge in [0.2, 0.25) is 0 Å². The van der Waals surface area contributed by atoms with Crippen LogP contribution < -0.4 is 0 Å². The topological polar surface area (TPSA) is 37.4 Å². The number of rotatable bonds is 6. The van der Waals surface area contributed by atoms with Crippen LogP contribution in [0.3, 0.4) is 0 Å². The number of halogens is 1. The molecule has 1 saturated carbocycles. The lowest BCUT2D eigenvalue weighted by Gasteiger charge is -2.23. The highest BCUT2D eigenvalue weighted by Gasteiger charge is 2.33. The number of amides is 1. The van der Waals surface area contributed by atoms with E-state index in [-0.39, 0.29) is 17.8 Å². The van der Waals surface area contributed by atoms with Crippen LogP contribution in [0.4, 0.5) is 4.39 Å². The van der Waals surface area contributed by atoms with E-state index >= 15 is 0 Å². The second-order valence-electron chi connectivity index (χ2n) is 6.21. The van der Waals surface area contributed by atoms with Gasteiger partial charge in [0.1, 0.15) is 5.82 Å². The van der Waals surface area contributed by atoms with E-state index in [4.69, 9.17) is 0 Å². The maximum absolute atomic E-state index is 13.4. The monoisotopic (exact) mass is 345 g/mol. The second-order valence-corrected chi connectivity index (χ2v) is 7.65. The Morgan fingerprint density at radius 2 is 1.88 bits per heavy atom. The molecule has 1 fully saturated rings. The van der Waals surface area contributed by atoms with Crippen LogP contribution in [0, 0.1) is 5.82 Å². The molecule has 2 aromatic carbocycles. The zero-order valence-electron chi connectivity index (χ0n) is 13.6. The molecule has 24 heavy (non-hydrogen) atoms. The second kappa shape index (κ2) is 7.26. The molecule has 3 rings (SSSR count). The molecule has 1 aliphatic rings. The van der Waals surface area contributed by atoms with Gasteiger partial charge in [0.15, 0.2) is 0 Å². The zero-order valence-corrected chi connectivity index (χ0v) is 14.4. The fourth-order valence-corrected chi connectivity index (χ4v) is 3.43. The van der Waals surface area contributed by atoms with E-state index in [1.807, 2.05) is 29.2 Å². The van der Waals surface area contributed by atoms with Crippen molar-refractivity contribution in [3.8, 4) is 0 Å². The first-order valence-corrected chi connectivity index (χ1v) is 9.70. The molecule has 0 saturated heterocycles. The summed E-state index contributed by atoms with van der Waals surface area (Å²) in [5.74, 6) is 0.0997. The smallest absolute Gasteiger partial charge is 0.254 e. The minimum Gasteiger partial charge on any atom is -0.331 e. The van der Waals surface area contributed by atoms with Gasteiger partial charge in [0, 0.05) is 41.0 Å². The summed E-state index contributed by atoms with van der Waals surface area (Å²) in [5.41, 5.74) is 2.28. The molecule has 0 bridgehead atoms. The van der Waals surface area contributed by atoms with E-state index < -0.39 is 10.8 Å². The van der Waals surface area contributed by atoms with Crippen LogP contribution in [-0.2, 0) is 23.1 Å². The van der Waals surface area contributed by atoms with Crippen LogP contribution in [0.25, 0.3) is 0 Å². The summed E-state index contributed by atoms with van der Waals surface area (Å²) >= 11 is 0. The summed E-state index contributed by atoms with van der Waals surface area (Å²) in [4.78, 5) is 14.7. The first-order chi connectivity index (χ1) is 11.5. The Balaban J connectivity index is 1.81. The van der Waals surface area contributed by atoms with E-state index in [1.165, 1.54) is 12.1 Å². The van der Waals surface area contributed by atoms with Crippen LogP contribution in [0.1, 0.15) is 34.3 Å². The summed E-state index contributed by atoms with van der Waals surface area (Å²) in [6, 6.07) is 13.9. The maximum Gasteiger partial charge on any atom is 0.254 e. The molecule has 1 amide bonds. The summed E-state index contributed by atoms with van der Waals surface area (Å²) in [5, 5.41) is 0. The van der Waals surface area contributed by atoms with Gasteiger partial charge in [-0.05, 0) is 48.2 Å². The molecule has 0 heterocycles. The zero-order chi connectivity index (χ0) is 17.1. The molecule has 3 nitrogen and oxygen atoms in total. The molecule has 0 aromatic heterocycles. The van der Waals surface area contributed by atoms with Gasteiger partial charge in [-0.25, -0.2) is 4.39 Å². The van der Waals surface area contributed by atoms with Crippen molar-refractivity contribution in [1.29, 1.82) is 0 Å². The van der Waals surface area contributed by atoms with E-state index in [2.05, 4.69) is 0 Å². The highest BCUT2D eigenvalue weighted by molar-refractivity contribution is 7.83. The van der Waals surface area contributed by atoms with Crippen LogP contribution in [-0.4, -0.2) is 27.3 Å². The molecule has 1 aliphatic carbocycles. The molecule has 1 unspecified atom stereocenters. The average molecular weight is 345 g/mol. The molecule has 0 aliphatic heterocycles. The predicted octanol–water partition coefficient (Wildman–Crippen LogP) is 3.51. The van der Waals surface area contributed by atoms with Crippen molar-refractivity contribution in [3.05, 3.63) is 71.0 Å². The van der Waals surface area contributed by atoms with Gasteiger partial charge in [0.05, 0.1) is 0 Å². The van der Waals surface area contributed by atoms with Crippen molar-refractivity contribution in [2.75, 3.05) is 6.26 Å². The Morgan fingerprint density at radius 1 is 1.17 bits per heavy atom. The van der Waals surface area contributed by atoms with Crippen LogP contribution in [0.15, 0.2) is 48.5 Å². The van der Waals surface area contributed by atoms with Gasteiger partial charge in [0.25, 0.3) is 5.91 Å². The van der Waals surface area contributed by atoms with Crippen LogP contribution >= 0.6 is 0 Å². The molecule has 2 aromatic rings. The van der Waals surface area contributed by atoms with Crippen LogP contribution in [0.5, 0.6) is 0 Å². The van der Waals surface area contributed by atoms with Crippen molar-refractivity contribution >= 4 is 16.7 Å². The normalized spacial score (nSPS) is 15.1. The molecule has 126 valence electrons. The lowest BCUT2D eigenvalue weighted by atomic mass is 10.1. The van der Waals surface area contributed by atoms with Crippen molar-refractivity contribution in [3.63, 3.8) is 0 Å². The first kappa shape index (κ1) is 16.8. The molecule has 0 N–H and O–H groups in total. The standard InChI is InChI=1S/C19H20FNO2S/c1-24(23)13-15-5-2-6-16(10-15)19(22)21(18-8-9-18)12-14-4-3-7-17(20)11-14/h2-7,10-11,18H,8-9,12-13H2,1H3. The third-order valence-corrected chi connectivity index (χ3v) is 4.77. The maximum atomic E-state index is 13.4. The predicted molar refractivity (Wildman–Crippen MR) is 93.5 cm³/mol. The molecule has 1 atom stereocenters. The van der Waals surface area contributed by atoms with Gasteiger partial charge in [-0.2, -0.15) is 0 Å². The Bertz CT molecular complexity index is 773. The van der Waals surface area contributed by atoms with Crippen molar-refractivity contribution < 1.29 is 13.4 Å². The largest absolute Gasteiger partial charge is 0.331 e. The molecule has 0 spiro atoms.